The first-order valence-corrected chi connectivity index (χ1v) is 10.6. The summed E-state index contributed by atoms with van der Waals surface area (Å²) in [5.74, 6) is 1.16. The molecule has 0 aliphatic carbocycles. The van der Waals surface area contributed by atoms with Crippen molar-refractivity contribution < 1.29 is 13.9 Å². The lowest BCUT2D eigenvalue weighted by Crippen LogP contribution is -2.31. The van der Waals surface area contributed by atoms with Crippen LogP contribution in [0, 0.1) is 19.7 Å². The van der Waals surface area contributed by atoms with Crippen molar-refractivity contribution in [1.82, 2.24) is 14.9 Å². The second-order valence-electron chi connectivity index (χ2n) is 7.89. The molecule has 1 amide bonds. The lowest BCUT2D eigenvalue weighted by Gasteiger charge is -2.12. The molecule has 5 nitrogen and oxygen atoms in total. The van der Waals surface area contributed by atoms with Gasteiger partial charge in [0.2, 0.25) is 0 Å². The summed E-state index contributed by atoms with van der Waals surface area (Å²) in [5.41, 5.74) is 4.98. The number of hydrogen-bond acceptors (Lipinski definition) is 3. The van der Waals surface area contributed by atoms with Crippen LogP contribution in [0.1, 0.15) is 22.5 Å². The molecule has 4 aromatic rings. The SMILES string of the molecule is Cc1ccc(C)c(OCC(=O)NCCc2nc3ccccc3n2Cc2ccc(F)cc2)c1. The monoisotopic (exact) mass is 431 g/mol. The van der Waals surface area contributed by atoms with E-state index in [-0.39, 0.29) is 18.3 Å². The number of ether oxygens (including phenoxy) is 1. The van der Waals surface area contributed by atoms with Crippen molar-refractivity contribution in [3.05, 3.63) is 95.1 Å². The van der Waals surface area contributed by atoms with Crippen LogP contribution in [0.4, 0.5) is 4.39 Å². The van der Waals surface area contributed by atoms with Crippen molar-refractivity contribution in [3.63, 3.8) is 0 Å². The molecule has 4 rings (SSSR count). The van der Waals surface area contributed by atoms with Crippen LogP contribution in [0.25, 0.3) is 11.0 Å². The van der Waals surface area contributed by atoms with E-state index in [1.807, 2.05) is 56.3 Å². The molecule has 0 radical (unpaired) electrons. The number of imidazole rings is 1. The Balaban J connectivity index is 1.40. The van der Waals surface area contributed by atoms with Crippen LogP contribution in [0.3, 0.4) is 0 Å². The molecular weight excluding hydrogens is 405 g/mol. The minimum absolute atomic E-state index is 0.0315. The number of hydrogen-bond donors (Lipinski definition) is 1. The first kappa shape index (κ1) is 21.6. The van der Waals surface area contributed by atoms with Gasteiger partial charge in [0.05, 0.1) is 11.0 Å². The fraction of sp³-hybridized carbons (Fsp3) is 0.231. The van der Waals surface area contributed by atoms with Gasteiger partial charge < -0.3 is 14.6 Å². The van der Waals surface area contributed by atoms with Crippen molar-refractivity contribution in [1.29, 1.82) is 0 Å². The number of halogens is 1. The quantitative estimate of drug-likeness (QED) is 0.444. The Labute approximate surface area is 186 Å². The lowest BCUT2D eigenvalue weighted by molar-refractivity contribution is -0.123. The van der Waals surface area contributed by atoms with E-state index >= 15 is 0 Å². The normalized spacial score (nSPS) is 11.0. The molecular formula is C26H26FN3O2. The van der Waals surface area contributed by atoms with Crippen LogP contribution in [0.5, 0.6) is 5.75 Å². The van der Waals surface area contributed by atoms with Crippen molar-refractivity contribution in [2.45, 2.75) is 26.8 Å². The molecule has 0 bridgehead atoms. The highest BCUT2D eigenvalue weighted by Gasteiger charge is 2.12. The fourth-order valence-electron chi connectivity index (χ4n) is 3.64. The van der Waals surface area contributed by atoms with E-state index in [4.69, 9.17) is 9.72 Å². The fourth-order valence-corrected chi connectivity index (χ4v) is 3.64. The molecule has 0 fully saturated rings. The molecule has 0 spiro atoms. The summed E-state index contributed by atoms with van der Waals surface area (Å²) in [6, 6.07) is 20.3. The van der Waals surface area contributed by atoms with E-state index in [0.29, 0.717) is 19.5 Å². The Kier molecular flexibility index (Phi) is 6.50. The van der Waals surface area contributed by atoms with Crippen LogP contribution in [0.15, 0.2) is 66.7 Å². The van der Waals surface area contributed by atoms with Crippen LogP contribution >= 0.6 is 0 Å². The topological polar surface area (TPSA) is 56.1 Å². The molecule has 164 valence electrons. The molecule has 1 aromatic heterocycles. The van der Waals surface area contributed by atoms with E-state index < -0.39 is 0 Å². The van der Waals surface area contributed by atoms with Crippen LogP contribution in [-0.4, -0.2) is 28.6 Å². The molecule has 6 heteroatoms. The summed E-state index contributed by atoms with van der Waals surface area (Å²) in [6.07, 6.45) is 0.574. The number of carbonyl (C=O) groups excluding carboxylic acids is 1. The number of amides is 1. The summed E-state index contributed by atoms with van der Waals surface area (Å²) in [6.45, 7) is 4.94. The zero-order valence-corrected chi connectivity index (χ0v) is 18.3. The maximum atomic E-state index is 13.3. The molecule has 32 heavy (non-hydrogen) atoms. The van der Waals surface area contributed by atoms with Gasteiger partial charge in [-0.3, -0.25) is 4.79 Å². The van der Waals surface area contributed by atoms with Gasteiger partial charge in [-0.25, -0.2) is 9.37 Å². The average molecular weight is 432 g/mol. The highest BCUT2D eigenvalue weighted by atomic mass is 19.1. The van der Waals surface area contributed by atoms with Crippen molar-refractivity contribution >= 4 is 16.9 Å². The average Bonchev–Trinajstić information content (AvgIpc) is 3.13. The van der Waals surface area contributed by atoms with Gasteiger partial charge in [-0.2, -0.15) is 0 Å². The number of aryl methyl sites for hydroxylation is 2. The van der Waals surface area contributed by atoms with Gasteiger partial charge in [0.15, 0.2) is 6.61 Å². The number of fused-ring (bicyclic) bond motifs is 1. The molecule has 0 saturated heterocycles. The van der Waals surface area contributed by atoms with Crippen molar-refractivity contribution in [2.75, 3.05) is 13.2 Å². The Hall–Kier alpha value is -3.67. The first-order valence-electron chi connectivity index (χ1n) is 10.6. The predicted molar refractivity (Wildman–Crippen MR) is 123 cm³/mol. The zero-order chi connectivity index (χ0) is 22.5. The number of benzene rings is 3. The van der Waals surface area contributed by atoms with Crippen LogP contribution in [0.2, 0.25) is 0 Å². The number of rotatable bonds is 8. The second kappa shape index (κ2) is 9.64. The molecule has 0 aliphatic rings. The molecule has 0 aliphatic heterocycles. The van der Waals surface area contributed by atoms with E-state index in [2.05, 4.69) is 9.88 Å². The van der Waals surface area contributed by atoms with Crippen LogP contribution < -0.4 is 10.1 Å². The predicted octanol–water partition coefficient (Wildman–Crippen LogP) is 4.58. The summed E-state index contributed by atoms with van der Waals surface area (Å²) in [7, 11) is 0. The molecule has 1 N–H and O–H groups in total. The lowest BCUT2D eigenvalue weighted by atomic mass is 10.1. The zero-order valence-electron chi connectivity index (χ0n) is 18.3. The standard InChI is InChI=1S/C26H26FN3O2/c1-18-7-8-19(2)24(15-18)32-17-26(31)28-14-13-25-29-22-5-3-4-6-23(22)30(25)16-20-9-11-21(27)12-10-20/h3-12,15H,13-14,16-17H2,1-2H3,(H,28,31). The van der Waals surface area contributed by atoms with Gasteiger partial charge in [0.1, 0.15) is 17.4 Å². The summed E-state index contributed by atoms with van der Waals surface area (Å²) in [5, 5.41) is 2.91. The van der Waals surface area contributed by atoms with E-state index in [0.717, 1.165) is 39.3 Å². The summed E-state index contributed by atoms with van der Waals surface area (Å²) >= 11 is 0. The maximum Gasteiger partial charge on any atom is 0.257 e. The van der Waals surface area contributed by atoms with E-state index in [9.17, 15) is 9.18 Å². The molecule has 0 unspecified atom stereocenters. The third kappa shape index (κ3) is 5.14. The third-order valence-corrected chi connectivity index (χ3v) is 5.36. The van der Waals surface area contributed by atoms with Gasteiger partial charge in [0, 0.05) is 19.5 Å². The van der Waals surface area contributed by atoms with Crippen molar-refractivity contribution in [2.24, 2.45) is 0 Å². The molecule has 0 atom stereocenters. The first-order chi connectivity index (χ1) is 15.5. The van der Waals surface area contributed by atoms with Crippen LogP contribution in [-0.2, 0) is 17.8 Å². The van der Waals surface area contributed by atoms with Gasteiger partial charge in [-0.15, -0.1) is 0 Å². The molecule has 0 saturated carbocycles. The van der Waals surface area contributed by atoms with Gasteiger partial charge in [0.25, 0.3) is 5.91 Å². The number of para-hydroxylation sites is 2. The number of carbonyl (C=O) groups is 1. The Morgan fingerprint density at radius 3 is 2.66 bits per heavy atom. The van der Waals surface area contributed by atoms with Crippen molar-refractivity contribution in [3.8, 4) is 5.75 Å². The number of nitrogens with one attached hydrogen (secondary N) is 1. The Morgan fingerprint density at radius 1 is 1.06 bits per heavy atom. The summed E-state index contributed by atoms with van der Waals surface area (Å²) in [4.78, 5) is 17.0. The van der Waals surface area contributed by atoms with Gasteiger partial charge in [-0.05, 0) is 60.9 Å². The highest BCUT2D eigenvalue weighted by Crippen LogP contribution is 2.20. The molecule has 3 aromatic carbocycles. The van der Waals surface area contributed by atoms with E-state index in [1.165, 1.54) is 12.1 Å². The van der Waals surface area contributed by atoms with Gasteiger partial charge in [-0.1, -0.05) is 36.4 Å². The minimum Gasteiger partial charge on any atom is -0.483 e. The summed E-state index contributed by atoms with van der Waals surface area (Å²) < 4.78 is 21.1. The molecule has 1 heterocycles. The largest absolute Gasteiger partial charge is 0.483 e. The highest BCUT2D eigenvalue weighted by molar-refractivity contribution is 5.78. The Morgan fingerprint density at radius 2 is 1.84 bits per heavy atom. The smallest absolute Gasteiger partial charge is 0.257 e. The minimum atomic E-state index is -0.254. The van der Waals surface area contributed by atoms with E-state index in [1.54, 1.807) is 12.1 Å². The Bertz CT molecular complexity index is 1230. The maximum absolute atomic E-state index is 13.3. The third-order valence-electron chi connectivity index (χ3n) is 5.36. The number of nitrogens with zero attached hydrogens (tertiary/aromatic N) is 2. The second-order valence-corrected chi connectivity index (χ2v) is 7.89. The number of aromatic nitrogens is 2. The van der Waals surface area contributed by atoms with Gasteiger partial charge >= 0.3 is 0 Å².